The molecule has 3 aliphatic heterocycles. The van der Waals surface area contributed by atoms with Crippen molar-refractivity contribution < 1.29 is 38.5 Å². The van der Waals surface area contributed by atoms with Crippen LogP contribution in [0.1, 0.15) is 71.5 Å². The van der Waals surface area contributed by atoms with E-state index in [2.05, 4.69) is 18.5 Å². The number of hydrogen-bond acceptors (Lipinski definition) is 8. The van der Waals surface area contributed by atoms with Crippen LogP contribution in [-0.4, -0.2) is 101 Å². The second kappa shape index (κ2) is 16.2. The molecule has 0 radical (unpaired) electrons. The van der Waals surface area contributed by atoms with Gasteiger partial charge in [0.2, 0.25) is 17.7 Å². The lowest BCUT2D eigenvalue weighted by atomic mass is 9.70. The largest absolute Gasteiger partial charge is 0.455 e. The number of amides is 3. The van der Waals surface area contributed by atoms with Crippen molar-refractivity contribution in [1.29, 1.82) is 0 Å². The van der Waals surface area contributed by atoms with Crippen LogP contribution in [0.2, 0.25) is 0 Å². The molecule has 3 fully saturated rings. The number of ether oxygens (including phenoxy) is 3. The highest BCUT2D eigenvalue weighted by atomic mass is 16.6. The average molecular weight is 668 g/mol. The normalized spacial score (nSPS) is 26.2. The number of carbonyl (C=O) groups excluding carboxylic acids is 4. The first-order valence-electron chi connectivity index (χ1n) is 17.1. The number of esters is 1. The van der Waals surface area contributed by atoms with Crippen molar-refractivity contribution in [2.45, 2.75) is 102 Å². The molecular formula is C37H53N3O8. The van der Waals surface area contributed by atoms with Gasteiger partial charge in [-0.05, 0) is 51.0 Å². The van der Waals surface area contributed by atoms with Gasteiger partial charge in [0.05, 0.1) is 43.2 Å². The van der Waals surface area contributed by atoms with Crippen molar-refractivity contribution in [3.05, 3.63) is 61.2 Å². The molecule has 3 aliphatic rings. The number of methoxy groups -OCH3 is 1. The molecule has 3 saturated heterocycles. The maximum atomic E-state index is 14.6. The first kappa shape index (κ1) is 37.3. The Labute approximate surface area is 284 Å². The lowest BCUT2D eigenvalue weighted by molar-refractivity contribution is -0.163. The minimum Gasteiger partial charge on any atom is -0.455 e. The van der Waals surface area contributed by atoms with E-state index in [0.29, 0.717) is 31.2 Å². The third kappa shape index (κ3) is 7.38. The van der Waals surface area contributed by atoms with Crippen LogP contribution in [0.5, 0.6) is 0 Å². The predicted octanol–water partition coefficient (Wildman–Crippen LogP) is 3.57. The van der Waals surface area contributed by atoms with E-state index in [0.717, 1.165) is 0 Å². The van der Waals surface area contributed by atoms with Gasteiger partial charge in [0.1, 0.15) is 17.7 Å². The van der Waals surface area contributed by atoms with E-state index in [1.54, 1.807) is 17.1 Å². The third-order valence-corrected chi connectivity index (χ3v) is 9.83. The van der Waals surface area contributed by atoms with Crippen molar-refractivity contribution in [3.8, 4) is 0 Å². The summed E-state index contributed by atoms with van der Waals surface area (Å²) in [4.78, 5) is 59.5. The molecule has 2 bridgehead atoms. The molecule has 1 aromatic carbocycles. The van der Waals surface area contributed by atoms with Crippen molar-refractivity contribution in [3.63, 3.8) is 0 Å². The van der Waals surface area contributed by atoms with Crippen LogP contribution in [0.15, 0.2) is 55.6 Å². The summed E-state index contributed by atoms with van der Waals surface area (Å²) >= 11 is 0. The average Bonchev–Trinajstić information content (AvgIpc) is 3.71. The van der Waals surface area contributed by atoms with Gasteiger partial charge in [-0.1, -0.05) is 56.3 Å². The molecule has 48 heavy (non-hydrogen) atoms. The Kier molecular flexibility index (Phi) is 12.6. The van der Waals surface area contributed by atoms with Crippen molar-refractivity contribution in [1.82, 2.24) is 15.1 Å². The molecule has 0 unspecified atom stereocenters. The van der Waals surface area contributed by atoms with Crippen molar-refractivity contribution in [2.24, 2.45) is 17.8 Å². The molecule has 11 nitrogen and oxygen atoms in total. The molecule has 4 rings (SSSR count). The Morgan fingerprint density at radius 3 is 2.46 bits per heavy atom. The minimum absolute atomic E-state index is 0.0651. The van der Waals surface area contributed by atoms with Gasteiger partial charge in [0, 0.05) is 26.1 Å². The summed E-state index contributed by atoms with van der Waals surface area (Å²) in [7, 11) is 1.50. The van der Waals surface area contributed by atoms with Crippen LogP contribution in [0.4, 0.5) is 0 Å². The molecule has 8 atom stereocenters. The zero-order valence-corrected chi connectivity index (χ0v) is 29.0. The fraction of sp³-hybridized carbons (Fsp3) is 0.622. The second-order valence-corrected chi connectivity index (χ2v) is 13.9. The quantitative estimate of drug-likeness (QED) is 0.179. The van der Waals surface area contributed by atoms with E-state index in [1.165, 1.54) is 12.0 Å². The number of carbonyl (C=O) groups is 4. The standard InChI is InChI=1S/C37H53N3O8/c1-8-10-16-29(42)38-27(22-46-7)32(25-14-12-11-13-15-25)47-36(45)30-28-17-18-37(48-28)31(30)34(43)40(26(21-41)20-23(3)4)33(37)35(44)39(19-9-2)24(5)6/h8-9,11-15,23-24,26-28,30-33,41H,1-2,10,16-22H2,3-7H3,(H,38,42)/t26-,27-,28+,30-,31-,32-,33+,37-/m1/s1. The Morgan fingerprint density at radius 2 is 1.88 bits per heavy atom. The predicted molar refractivity (Wildman–Crippen MR) is 180 cm³/mol. The fourth-order valence-electron chi connectivity index (χ4n) is 7.83. The first-order chi connectivity index (χ1) is 22.9. The highest BCUT2D eigenvalue weighted by molar-refractivity contribution is 5.98. The monoisotopic (exact) mass is 667 g/mol. The van der Waals surface area contributed by atoms with Crippen LogP contribution in [0.3, 0.4) is 0 Å². The van der Waals surface area contributed by atoms with Gasteiger partial charge in [0.15, 0.2) is 0 Å². The Bertz CT molecular complexity index is 1320. The molecule has 0 aromatic heterocycles. The van der Waals surface area contributed by atoms with E-state index in [9.17, 15) is 24.3 Å². The maximum Gasteiger partial charge on any atom is 0.313 e. The van der Waals surface area contributed by atoms with Crippen molar-refractivity contribution >= 4 is 23.7 Å². The number of aliphatic hydroxyl groups excluding tert-OH is 1. The molecule has 3 heterocycles. The van der Waals surface area contributed by atoms with Crippen LogP contribution < -0.4 is 5.32 Å². The number of benzene rings is 1. The van der Waals surface area contributed by atoms with Gasteiger partial charge < -0.3 is 34.4 Å². The summed E-state index contributed by atoms with van der Waals surface area (Å²) in [5, 5.41) is 13.5. The molecule has 3 amide bonds. The first-order valence-corrected chi connectivity index (χ1v) is 17.1. The molecule has 11 heteroatoms. The lowest BCUT2D eigenvalue weighted by Gasteiger charge is -2.40. The molecule has 0 aliphatic carbocycles. The van der Waals surface area contributed by atoms with Crippen LogP contribution in [0, 0.1) is 17.8 Å². The number of allylic oxidation sites excluding steroid dienone is 1. The summed E-state index contributed by atoms with van der Waals surface area (Å²) in [5.74, 6) is -3.39. The van der Waals surface area contributed by atoms with Gasteiger partial charge in [-0.3, -0.25) is 19.2 Å². The highest BCUT2D eigenvalue weighted by Crippen LogP contribution is 2.59. The van der Waals surface area contributed by atoms with E-state index in [4.69, 9.17) is 14.2 Å². The van der Waals surface area contributed by atoms with Crippen LogP contribution >= 0.6 is 0 Å². The minimum atomic E-state index is -1.26. The fourth-order valence-corrected chi connectivity index (χ4v) is 7.83. The summed E-state index contributed by atoms with van der Waals surface area (Å²) in [5.41, 5.74) is -0.605. The molecule has 1 aromatic rings. The number of fused-ring (bicyclic) bond motifs is 1. The zero-order valence-electron chi connectivity index (χ0n) is 29.0. The SMILES string of the molecule is C=CCCC(=O)N[C@H](COC)[C@H](OC(=O)[C@@H]1[C@@H]2CC[C@]3(O2)[C@H](C(=O)N(CC=C)C(C)C)N([C@@H](CO)CC(C)C)C(=O)[C@@H]13)c1ccccc1. The number of likely N-dealkylation sites (tertiary alicyclic amines) is 1. The summed E-state index contributed by atoms with van der Waals surface area (Å²) in [6.07, 6.45) is 3.79. The van der Waals surface area contributed by atoms with E-state index in [1.807, 2.05) is 58.0 Å². The number of rotatable bonds is 18. The molecular weight excluding hydrogens is 614 g/mol. The maximum absolute atomic E-state index is 14.6. The Balaban J connectivity index is 1.74. The molecule has 264 valence electrons. The number of nitrogens with one attached hydrogen (secondary N) is 1. The third-order valence-electron chi connectivity index (χ3n) is 9.83. The summed E-state index contributed by atoms with van der Waals surface area (Å²) < 4.78 is 18.4. The lowest BCUT2D eigenvalue weighted by Crippen LogP contribution is -2.59. The van der Waals surface area contributed by atoms with Crippen molar-refractivity contribution in [2.75, 3.05) is 26.9 Å². The molecule has 1 spiro atoms. The second-order valence-electron chi connectivity index (χ2n) is 13.9. The van der Waals surface area contributed by atoms with E-state index in [-0.39, 0.29) is 55.9 Å². The van der Waals surface area contributed by atoms with Gasteiger partial charge in [-0.2, -0.15) is 0 Å². The van der Waals surface area contributed by atoms with Gasteiger partial charge in [-0.25, -0.2) is 0 Å². The Morgan fingerprint density at radius 1 is 1.17 bits per heavy atom. The smallest absolute Gasteiger partial charge is 0.313 e. The van der Waals surface area contributed by atoms with E-state index < -0.39 is 53.7 Å². The van der Waals surface area contributed by atoms with Gasteiger partial charge >= 0.3 is 5.97 Å². The van der Waals surface area contributed by atoms with Crippen LogP contribution in [0.25, 0.3) is 0 Å². The summed E-state index contributed by atoms with van der Waals surface area (Å²) in [6.45, 7) is 15.3. The van der Waals surface area contributed by atoms with Crippen LogP contribution in [-0.2, 0) is 33.4 Å². The van der Waals surface area contributed by atoms with E-state index >= 15 is 0 Å². The zero-order chi connectivity index (χ0) is 35.2. The summed E-state index contributed by atoms with van der Waals surface area (Å²) in [6, 6.07) is 6.52. The number of hydrogen-bond donors (Lipinski definition) is 2. The molecule has 0 saturated carbocycles. The Hall–Kier alpha value is -3.54. The topological polar surface area (TPSA) is 135 Å². The number of nitrogens with zero attached hydrogens (tertiary/aromatic N) is 2. The highest BCUT2D eigenvalue weighted by Gasteiger charge is 2.75. The van der Waals surface area contributed by atoms with Gasteiger partial charge in [-0.15, -0.1) is 13.2 Å². The van der Waals surface area contributed by atoms with Gasteiger partial charge in [0.25, 0.3) is 0 Å². The number of aliphatic hydroxyl groups is 1. The molecule has 2 N–H and O–H groups in total.